The maximum Gasteiger partial charge on any atom is 0.137 e. The van der Waals surface area contributed by atoms with E-state index >= 15 is 0 Å². The van der Waals surface area contributed by atoms with Gasteiger partial charge in [0, 0.05) is 18.0 Å². The molecule has 2 aromatic heterocycles. The van der Waals surface area contributed by atoms with E-state index in [-0.39, 0.29) is 6.61 Å². The Morgan fingerprint density at radius 2 is 2.00 bits per heavy atom. The third-order valence-corrected chi connectivity index (χ3v) is 3.52. The summed E-state index contributed by atoms with van der Waals surface area (Å²) in [5.41, 5.74) is 2.77. The average Bonchev–Trinajstić information content (AvgIpc) is 2.99. The lowest BCUT2D eigenvalue weighted by molar-refractivity contribution is 0.277. The Morgan fingerprint density at radius 1 is 1.23 bits per heavy atom. The number of hydrogen-bond acceptors (Lipinski definition) is 5. The summed E-state index contributed by atoms with van der Waals surface area (Å²) in [7, 11) is 1.56. The third-order valence-electron chi connectivity index (χ3n) is 3.22. The standard InChI is InChI=1S/C15H13ClN4O2/c1-22-14-3-2-11(8-12(14)16)20-15(13(9-21)18-19-20)10-4-6-17-7-5-10/h2-8,21H,9H2,1H3. The molecule has 112 valence electrons. The first-order chi connectivity index (χ1) is 10.7. The summed E-state index contributed by atoms with van der Waals surface area (Å²) in [5.74, 6) is 0.582. The van der Waals surface area contributed by atoms with Crippen LogP contribution in [0.4, 0.5) is 0 Å². The van der Waals surface area contributed by atoms with Crippen molar-refractivity contribution in [2.75, 3.05) is 7.11 Å². The van der Waals surface area contributed by atoms with Crippen molar-refractivity contribution in [2.24, 2.45) is 0 Å². The van der Waals surface area contributed by atoms with E-state index in [0.717, 1.165) is 11.3 Å². The summed E-state index contributed by atoms with van der Waals surface area (Å²) in [6, 6.07) is 8.99. The quantitative estimate of drug-likeness (QED) is 0.800. The van der Waals surface area contributed by atoms with Gasteiger partial charge in [0.25, 0.3) is 0 Å². The molecule has 0 bridgehead atoms. The maximum absolute atomic E-state index is 9.50. The van der Waals surface area contributed by atoms with Gasteiger partial charge in [-0.1, -0.05) is 16.8 Å². The van der Waals surface area contributed by atoms with Crippen LogP contribution in [-0.4, -0.2) is 32.2 Å². The lowest BCUT2D eigenvalue weighted by Gasteiger charge is -2.09. The van der Waals surface area contributed by atoms with Crippen molar-refractivity contribution in [3.05, 3.63) is 53.4 Å². The molecule has 0 spiro atoms. The van der Waals surface area contributed by atoms with Crippen molar-refractivity contribution in [1.29, 1.82) is 0 Å². The smallest absolute Gasteiger partial charge is 0.137 e. The fourth-order valence-corrected chi connectivity index (χ4v) is 2.44. The van der Waals surface area contributed by atoms with Gasteiger partial charge in [0.2, 0.25) is 0 Å². The van der Waals surface area contributed by atoms with Gasteiger partial charge in [-0.15, -0.1) is 5.10 Å². The molecule has 0 radical (unpaired) electrons. The van der Waals surface area contributed by atoms with Gasteiger partial charge in [-0.05, 0) is 30.3 Å². The Labute approximate surface area is 132 Å². The predicted octanol–water partition coefficient (Wildman–Crippen LogP) is 2.48. The second-order valence-electron chi connectivity index (χ2n) is 4.51. The molecule has 0 amide bonds. The molecule has 3 rings (SSSR count). The van der Waals surface area contributed by atoms with Gasteiger partial charge >= 0.3 is 0 Å². The summed E-state index contributed by atoms with van der Waals surface area (Å²) in [6.45, 7) is -0.207. The first-order valence-corrected chi connectivity index (χ1v) is 6.92. The highest BCUT2D eigenvalue weighted by molar-refractivity contribution is 6.32. The Morgan fingerprint density at radius 3 is 2.64 bits per heavy atom. The van der Waals surface area contributed by atoms with E-state index < -0.39 is 0 Å². The van der Waals surface area contributed by atoms with Crippen LogP contribution in [0.1, 0.15) is 5.69 Å². The lowest BCUT2D eigenvalue weighted by atomic mass is 10.1. The van der Waals surface area contributed by atoms with Crippen LogP contribution in [0.5, 0.6) is 5.75 Å². The number of aliphatic hydroxyl groups is 1. The molecular formula is C15H13ClN4O2. The van der Waals surface area contributed by atoms with E-state index in [0.29, 0.717) is 22.2 Å². The number of halogens is 1. The number of benzene rings is 1. The minimum absolute atomic E-state index is 0.207. The van der Waals surface area contributed by atoms with Crippen LogP contribution in [0.3, 0.4) is 0 Å². The summed E-state index contributed by atoms with van der Waals surface area (Å²) in [5, 5.41) is 18.1. The van der Waals surface area contributed by atoms with Crippen LogP contribution in [0.25, 0.3) is 16.9 Å². The van der Waals surface area contributed by atoms with E-state index in [1.807, 2.05) is 18.2 Å². The molecule has 0 fully saturated rings. The van der Waals surface area contributed by atoms with Crippen LogP contribution in [0.2, 0.25) is 5.02 Å². The highest BCUT2D eigenvalue weighted by Crippen LogP contribution is 2.30. The number of aromatic nitrogens is 4. The molecule has 3 aromatic rings. The minimum Gasteiger partial charge on any atom is -0.495 e. The number of pyridine rings is 1. The average molecular weight is 317 g/mol. The molecule has 6 nitrogen and oxygen atoms in total. The van der Waals surface area contributed by atoms with Crippen LogP contribution < -0.4 is 4.74 Å². The fraction of sp³-hybridized carbons (Fsp3) is 0.133. The van der Waals surface area contributed by atoms with Crippen LogP contribution in [0, 0.1) is 0 Å². The van der Waals surface area contributed by atoms with Crippen LogP contribution >= 0.6 is 11.6 Å². The Kier molecular flexibility index (Phi) is 4.04. The highest BCUT2D eigenvalue weighted by Gasteiger charge is 2.16. The van der Waals surface area contributed by atoms with Gasteiger partial charge < -0.3 is 9.84 Å². The molecule has 2 heterocycles. The Bertz CT molecular complexity index is 789. The molecule has 0 saturated heterocycles. The SMILES string of the molecule is COc1ccc(-n2nnc(CO)c2-c2ccncc2)cc1Cl. The van der Waals surface area contributed by atoms with Crippen molar-refractivity contribution in [3.8, 4) is 22.7 Å². The molecule has 7 heteroatoms. The predicted molar refractivity (Wildman–Crippen MR) is 82.1 cm³/mol. The van der Waals surface area contributed by atoms with Crippen molar-refractivity contribution >= 4 is 11.6 Å². The normalized spacial score (nSPS) is 10.7. The van der Waals surface area contributed by atoms with Crippen molar-refractivity contribution < 1.29 is 9.84 Å². The minimum atomic E-state index is -0.207. The number of nitrogens with zero attached hydrogens (tertiary/aromatic N) is 4. The lowest BCUT2D eigenvalue weighted by Crippen LogP contribution is -2.01. The zero-order chi connectivity index (χ0) is 15.5. The van der Waals surface area contributed by atoms with Gasteiger partial charge in [-0.25, -0.2) is 4.68 Å². The van der Waals surface area contributed by atoms with Gasteiger partial charge in [-0.2, -0.15) is 0 Å². The molecule has 0 aliphatic rings. The van der Waals surface area contributed by atoms with E-state index in [1.54, 1.807) is 36.3 Å². The number of methoxy groups -OCH3 is 1. The van der Waals surface area contributed by atoms with E-state index in [9.17, 15) is 5.11 Å². The number of ether oxygens (including phenoxy) is 1. The molecular weight excluding hydrogens is 304 g/mol. The van der Waals surface area contributed by atoms with Crippen LogP contribution in [-0.2, 0) is 6.61 Å². The van der Waals surface area contributed by atoms with Gasteiger partial charge in [-0.3, -0.25) is 4.98 Å². The third kappa shape index (κ3) is 2.54. The van der Waals surface area contributed by atoms with Gasteiger partial charge in [0.1, 0.15) is 17.1 Å². The molecule has 0 aliphatic carbocycles. The molecule has 0 saturated carbocycles. The summed E-state index contributed by atoms with van der Waals surface area (Å²) in [6.07, 6.45) is 3.35. The topological polar surface area (TPSA) is 73.1 Å². The van der Waals surface area contributed by atoms with Gasteiger partial charge in [0.05, 0.1) is 24.4 Å². The second kappa shape index (κ2) is 6.13. The second-order valence-corrected chi connectivity index (χ2v) is 4.92. The van der Waals surface area contributed by atoms with E-state index in [1.165, 1.54) is 0 Å². The maximum atomic E-state index is 9.50. The molecule has 1 aromatic carbocycles. The Balaban J connectivity index is 2.16. The van der Waals surface area contributed by atoms with Crippen molar-refractivity contribution in [1.82, 2.24) is 20.0 Å². The van der Waals surface area contributed by atoms with E-state index in [4.69, 9.17) is 16.3 Å². The number of aliphatic hydroxyl groups excluding tert-OH is 1. The van der Waals surface area contributed by atoms with Crippen molar-refractivity contribution in [3.63, 3.8) is 0 Å². The molecule has 1 N–H and O–H groups in total. The zero-order valence-corrected chi connectivity index (χ0v) is 12.5. The fourth-order valence-electron chi connectivity index (χ4n) is 2.19. The van der Waals surface area contributed by atoms with E-state index in [2.05, 4.69) is 15.3 Å². The highest BCUT2D eigenvalue weighted by atomic mass is 35.5. The van der Waals surface area contributed by atoms with Crippen LogP contribution in [0.15, 0.2) is 42.7 Å². The number of hydrogen-bond donors (Lipinski definition) is 1. The first kappa shape index (κ1) is 14.5. The first-order valence-electron chi connectivity index (χ1n) is 6.54. The molecule has 0 aliphatic heterocycles. The summed E-state index contributed by atoms with van der Waals surface area (Å²) in [4.78, 5) is 4.00. The summed E-state index contributed by atoms with van der Waals surface area (Å²) < 4.78 is 6.78. The Hall–Kier alpha value is -2.44. The molecule has 22 heavy (non-hydrogen) atoms. The summed E-state index contributed by atoms with van der Waals surface area (Å²) >= 11 is 6.17. The number of rotatable bonds is 4. The zero-order valence-electron chi connectivity index (χ0n) is 11.8. The van der Waals surface area contributed by atoms with Crippen molar-refractivity contribution in [2.45, 2.75) is 6.61 Å². The van der Waals surface area contributed by atoms with Gasteiger partial charge in [0.15, 0.2) is 0 Å². The molecule has 0 atom stereocenters. The largest absolute Gasteiger partial charge is 0.495 e. The molecule has 0 unspecified atom stereocenters. The monoisotopic (exact) mass is 316 g/mol.